The highest BCUT2D eigenvalue weighted by atomic mass is 19.2. The molecule has 0 aliphatic heterocycles. The van der Waals surface area contributed by atoms with E-state index in [1.165, 1.54) is 24.3 Å². The van der Waals surface area contributed by atoms with E-state index in [-0.39, 0.29) is 35.8 Å². The highest BCUT2D eigenvalue weighted by molar-refractivity contribution is 5.67. The molecule has 0 heterocycles. The van der Waals surface area contributed by atoms with Gasteiger partial charge in [0.2, 0.25) is 11.6 Å². The molecule has 0 unspecified atom stereocenters. The molecule has 0 radical (unpaired) electrons. The van der Waals surface area contributed by atoms with Gasteiger partial charge in [-0.15, -0.1) is 6.58 Å². The molecule has 0 saturated carbocycles. The van der Waals surface area contributed by atoms with Gasteiger partial charge < -0.3 is 14.2 Å². The van der Waals surface area contributed by atoms with Crippen molar-refractivity contribution in [2.24, 2.45) is 0 Å². The second-order valence-corrected chi connectivity index (χ2v) is 9.47. The summed E-state index contributed by atoms with van der Waals surface area (Å²) in [5.41, 5.74) is 1.80. The first-order chi connectivity index (χ1) is 19.9. The van der Waals surface area contributed by atoms with Crippen molar-refractivity contribution < 1.29 is 31.8 Å². The van der Waals surface area contributed by atoms with E-state index >= 15 is 0 Å². The Balaban J connectivity index is 1.39. The van der Waals surface area contributed by atoms with Crippen molar-refractivity contribution in [3.05, 3.63) is 114 Å². The van der Waals surface area contributed by atoms with E-state index in [1.54, 1.807) is 54.6 Å². The normalized spacial score (nSPS) is 10.9. The number of unbranched alkanes of at least 4 members (excludes halogenated alkanes) is 2. The maximum absolute atomic E-state index is 14.9. The highest BCUT2D eigenvalue weighted by Crippen LogP contribution is 2.32. The molecule has 0 aromatic heterocycles. The summed E-state index contributed by atoms with van der Waals surface area (Å²) < 4.78 is 75.5. The van der Waals surface area contributed by atoms with Crippen molar-refractivity contribution >= 4 is 0 Å². The Labute approximate surface area is 238 Å². The van der Waals surface area contributed by atoms with Gasteiger partial charge in [-0.1, -0.05) is 55.8 Å². The molecule has 0 atom stereocenters. The van der Waals surface area contributed by atoms with Crippen molar-refractivity contribution in [2.75, 3.05) is 13.2 Å². The maximum Gasteiger partial charge on any atom is 0.201 e. The van der Waals surface area contributed by atoms with Crippen LogP contribution in [0.4, 0.5) is 17.6 Å². The lowest BCUT2D eigenvalue weighted by molar-refractivity contribution is 0.285. The van der Waals surface area contributed by atoms with Crippen molar-refractivity contribution in [1.82, 2.24) is 0 Å². The lowest BCUT2D eigenvalue weighted by Crippen LogP contribution is -2.02. The zero-order valence-electron chi connectivity index (χ0n) is 22.9. The molecule has 4 aromatic rings. The fraction of sp³-hybridized carbons (Fsp3) is 0.235. The Morgan fingerprint density at radius 2 is 1.15 bits per heavy atom. The zero-order valence-corrected chi connectivity index (χ0v) is 22.9. The summed E-state index contributed by atoms with van der Waals surface area (Å²) in [6.45, 7) is 6.49. The average molecular weight is 565 g/mol. The van der Waals surface area contributed by atoms with E-state index in [9.17, 15) is 17.6 Å². The molecule has 4 aromatic carbocycles. The van der Waals surface area contributed by atoms with Gasteiger partial charge in [0, 0.05) is 11.1 Å². The van der Waals surface area contributed by atoms with Gasteiger partial charge in [-0.3, -0.25) is 0 Å². The molecule has 7 heteroatoms. The van der Waals surface area contributed by atoms with Crippen LogP contribution in [0.1, 0.15) is 38.2 Å². The SMILES string of the molecule is C=CCCCOc1ccc(-c2ccc(COc3ccc(-c4ccc(OCCCC)cc4)c(F)c3F)cc2)c(F)c1F. The monoisotopic (exact) mass is 564 g/mol. The van der Waals surface area contributed by atoms with Crippen LogP contribution in [0, 0.1) is 23.3 Å². The number of ether oxygens (including phenoxy) is 3. The molecular weight excluding hydrogens is 532 g/mol. The van der Waals surface area contributed by atoms with E-state index in [0.29, 0.717) is 35.5 Å². The number of hydrogen-bond acceptors (Lipinski definition) is 3. The first-order valence-electron chi connectivity index (χ1n) is 13.6. The Morgan fingerprint density at radius 3 is 1.71 bits per heavy atom. The number of rotatable bonds is 14. The second kappa shape index (κ2) is 14.4. The number of benzene rings is 4. The number of hydrogen-bond donors (Lipinski definition) is 0. The summed E-state index contributed by atoms with van der Waals surface area (Å²) in [7, 11) is 0. The molecule has 0 aliphatic carbocycles. The molecule has 0 bridgehead atoms. The topological polar surface area (TPSA) is 27.7 Å². The minimum absolute atomic E-state index is 0.0475. The summed E-state index contributed by atoms with van der Waals surface area (Å²) in [4.78, 5) is 0. The smallest absolute Gasteiger partial charge is 0.201 e. The number of halogens is 4. The van der Waals surface area contributed by atoms with Crippen LogP contribution < -0.4 is 14.2 Å². The molecule has 4 rings (SSSR count). The molecule has 0 N–H and O–H groups in total. The zero-order chi connectivity index (χ0) is 29.2. The first-order valence-corrected chi connectivity index (χ1v) is 13.6. The van der Waals surface area contributed by atoms with Crippen molar-refractivity contribution in [1.29, 1.82) is 0 Å². The van der Waals surface area contributed by atoms with Crippen LogP contribution in [-0.4, -0.2) is 13.2 Å². The first kappa shape index (κ1) is 29.7. The standard InChI is InChI=1S/C34H32F4O3/c1-3-5-7-21-40-29-18-16-27(31(35)33(29)37)24-10-8-23(9-11-24)22-41-30-19-17-28(32(36)34(30)38)25-12-14-26(15-13-25)39-20-6-4-2/h3,8-19H,1,4-7,20-22H2,2H3. The number of allylic oxidation sites excluding steroid dienone is 1. The molecular formula is C34H32F4O3. The third-order valence-corrected chi connectivity index (χ3v) is 6.50. The average Bonchev–Trinajstić information content (AvgIpc) is 2.99. The lowest BCUT2D eigenvalue weighted by Gasteiger charge is -2.12. The van der Waals surface area contributed by atoms with E-state index in [2.05, 4.69) is 13.5 Å². The Morgan fingerprint density at radius 1 is 0.610 bits per heavy atom. The van der Waals surface area contributed by atoms with Crippen LogP contribution in [0.3, 0.4) is 0 Å². The fourth-order valence-corrected chi connectivity index (χ4v) is 4.15. The quantitative estimate of drug-likeness (QED) is 0.0867. The van der Waals surface area contributed by atoms with Gasteiger partial charge >= 0.3 is 0 Å². The Hall–Kier alpha value is -4.26. The van der Waals surface area contributed by atoms with Crippen LogP contribution in [0.2, 0.25) is 0 Å². The molecule has 0 spiro atoms. The van der Waals surface area contributed by atoms with Crippen LogP contribution in [0.25, 0.3) is 22.3 Å². The molecule has 0 aliphatic rings. The fourth-order valence-electron chi connectivity index (χ4n) is 4.15. The van der Waals surface area contributed by atoms with Gasteiger partial charge in [0.1, 0.15) is 12.4 Å². The Bertz CT molecular complexity index is 1450. The van der Waals surface area contributed by atoms with Crippen molar-refractivity contribution in [3.8, 4) is 39.5 Å². The Kier molecular flexibility index (Phi) is 10.4. The van der Waals surface area contributed by atoms with E-state index in [0.717, 1.165) is 19.3 Å². The van der Waals surface area contributed by atoms with Gasteiger partial charge in [-0.25, -0.2) is 8.78 Å². The summed E-state index contributed by atoms with van der Waals surface area (Å²) >= 11 is 0. The summed E-state index contributed by atoms with van der Waals surface area (Å²) in [5.74, 6) is -3.87. The predicted molar refractivity (Wildman–Crippen MR) is 153 cm³/mol. The van der Waals surface area contributed by atoms with E-state index in [4.69, 9.17) is 14.2 Å². The van der Waals surface area contributed by atoms with Gasteiger partial charge in [0.05, 0.1) is 13.2 Å². The molecule has 3 nitrogen and oxygen atoms in total. The predicted octanol–water partition coefficient (Wildman–Crippen LogP) is 9.68. The van der Waals surface area contributed by atoms with Crippen LogP contribution >= 0.6 is 0 Å². The minimum atomic E-state index is -1.09. The minimum Gasteiger partial charge on any atom is -0.494 e. The summed E-state index contributed by atoms with van der Waals surface area (Å²) in [6, 6.07) is 19.0. The van der Waals surface area contributed by atoms with Gasteiger partial charge in [-0.2, -0.15) is 8.78 Å². The van der Waals surface area contributed by atoms with Crippen molar-refractivity contribution in [3.63, 3.8) is 0 Å². The third-order valence-electron chi connectivity index (χ3n) is 6.50. The van der Waals surface area contributed by atoms with Gasteiger partial charge in [-0.05, 0) is 72.4 Å². The molecule has 214 valence electrons. The van der Waals surface area contributed by atoms with Gasteiger partial charge in [0.15, 0.2) is 23.1 Å². The largest absolute Gasteiger partial charge is 0.494 e. The van der Waals surface area contributed by atoms with Crippen molar-refractivity contribution in [2.45, 2.75) is 39.2 Å². The maximum atomic E-state index is 14.9. The van der Waals surface area contributed by atoms with E-state index < -0.39 is 23.3 Å². The second-order valence-electron chi connectivity index (χ2n) is 9.47. The van der Waals surface area contributed by atoms with Crippen LogP contribution in [-0.2, 0) is 6.61 Å². The molecule has 0 fully saturated rings. The third kappa shape index (κ3) is 7.48. The van der Waals surface area contributed by atoms with Gasteiger partial charge in [0.25, 0.3) is 0 Å². The van der Waals surface area contributed by atoms with E-state index in [1.807, 2.05) is 0 Å². The van der Waals surface area contributed by atoms with Crippen LogP contribution in [0.5, 0.6) is 17.2 Å². The summed E-state index contributed by atoms with van der Waals surface area (Å²) in [5, 5.41) is 0. The molecule has 0 amide bonds. The lowest BCUT2D eigenvalue weighted by atomic mass is 10.0. The molecule has 0 saturated heterocycles. The summed E-state index contributed by atoms with van der Waals surface area (Å²) in [6.07, 6.45) is 5.06. The molecule has 41 heavy (non-hydrogen) atoms. The highest BCUT2D eigenvalue weighted by Gasteiger charge is 2.18. The van der Waals surface area contributed by atoms with Crippen LogP contribution in [0.15, 0.2) is 85.5 Å².